The van der Waals surface area contributed by atoms with E-state index in [1.165, 1.54) is 12.1 Å². The van der Waals surface area contributed by atoms with Crippen LogP contribution < -0.4 is 0 Å². The SMILES string of the molecule is Cc1ccc(S(=O)(=O)N2CCN=C(c3ccccc3)C2=O)cc1. The minimum absolute atomic E-state index is 0.0609. The van der Waals surface area contributed by atoms with Crippen molar-refractivity contribution in [3.05, 3.63) is 65.7 Å². The number of benzene rings is 2. The van der Waals surface area contributed by atoms with Crippen molar-refractivity contribution in [1.82, 2.24) is 4.31 Å². The number of hydrogen-bond acceptors (Lipinski definition) is 4. The number of hydrogen-bond donors (Lipinski definition) is 0. The molecule has 0 atom stereocenters. The number of carbonyl (C=O) groups excluding carboxylic acids is 1. The van der Waals surface area contributed by atoms with Crippen LogP contribution in [0.2, 0.25) is 0 Å². The molecule has 0 unspecified atom stereocenters. The molecule has 1 aliphatic rings. The van der Waals surface area contributed by atoms with Crippen LogP contribution in [0, 0.1) is 6.92 Å². The monoisotopic (exact) mass is 328 g/mol. The van der Waals surface area contributed by atoms with Crippen molar-refractivity contribution in [3.8, 4) is 0 Å². The highest BCUT2D eigenvalue weighted by molar-refractivity contribution is 7.89. The van der Waals surface area contributed by atoms with Crippen molar-refractivity contribution in [2.24, 2.45) is 4.99 Å². The second-order valence-corrected chi connectivity index (χ2v) is 7.15. The number of sulfonamides is 1. The Morgan fingerprint density at radius 1 is 1.00 bits per heavy atom. The first-order valence-corrected chi connectivity index (χ1v) is 8.68. The lowest BCUT2D eigenvalue weighted by atomic mass is 10.1. The van der Waals surface area contributed by atoms with Crippen molar-refractivity contribution in [2.75, 3.05) is 13.1 Å². The molecule has 0 radical (unpaired) electrons. The molecule has 1 aliphatic heterocycles. The normalized spacial score (nSPS) is 15.4. The fraction of sp³-hybridized carbons (Fsp3) is 0.176. The van der Waals surface area contributed by atoms with Crippen LogP contribution >= 0.6 is 0 Å². The topological polar surface area (TPSA) is 66.8 Å². The Morgan fingerprint density at radius 3 is 2.30 bits per heavy atom. The summed E-state index contributed by atoms with van der Waals surface area (Å²) in [6.07, 6.45) is 0. The highest BCUT2D eigenvalue weighted by atomic mass is 32.2. The van der Waals surface area contributed by atoms with Crippen molar-refractivity contribution in [1.29, 1.82) is 0 Å². The summed E-state index contributed by atoms with van der Waals surface area (Å²) in [5, 5.41) is 0. The van der Waals surface area contributed by atoms with Gasteiger partial charge in [-0.2, -0.15) is 0 Å². The summed E-state index contributed by atoms with van der Waals surface area (Å²) < 4.78 is 26.4. The summed E-state index contributed by atoms with van der Waals surface area (Å²) >= 11 is 0. The molecule has 6 heteroatoms. The number of rotatable bonds is 3. The van der Waals surface area contributed by atoms with Gasteiger partial charge in [0.05, 0.1) is 18.0 Å². The van der Waals surface area contributed by atoms with Gasteiger partial charge in [-0.25, -0.2) is 12.7 Å². The van der Waals surface area contributed by atoms with Crippen LogP contribution in [0.15, 0.2) is 64.5 Å². The lowest BCUT2D eigenvalue weighted by Gasteiger charge is -2.26. The van der Waals surface area contributed by atoms with Crippen molar-refractivity contribution >= 4 is 21.6 Å². The van der Waals surface area contributed by atoms with Gasteiger partial charge in [0.1, 0.15) is 5.71 Å². The third-order valence-electron chi connectivity index (χ3n) is 3.66. The maximum absolute atomic E-state index is 12.7. The van der Waals surface area contributed by atoms with Crippen LogP contribution in [0.3, 0.4) is 0 Å². The standard InChI is InChI=1S/C17H16N2O3S/c1-13-7-9-15(10-8-13)23(21,22)19-12-11-18-16(17(19)20)14-5-3-2-4-6-14/h2-10H,11-12H2,1H3. The molecule has 0 saturated carbocycles. The molecule has 0 aliphatic carbocycles. The summed E-state index contributed by atoms with van der Waals surface area (Å²) in [4.78, 5) is 17.0. The molecule has 0 spiro atoms. The van der Waals surface area contributed by atoms with Gasteiger partial charge in [-0.05, 0) is 19.1 Å². The van der Waals surface area contributed by atoms with Gasteiger partial charge in [0, 0.05) is 5.56 Å². The molecule has 1 heterocycles. The summed E-state index contributed by atoms with van der Waals surface area (Å²) in [5.74, 6) is -0.581. The molecule has 3 rings (SSSR count). The van der Waals surface area contributed by atoms with Crippen LogP contribution in [0.25, 0.3) is 0 Å². The Bertz CT molecular complexity index is 856. The first-order chi connectivity index (χ1) is 11.0. The first-order valence-electron chi connectivity index (χ1n) is 7.24. The third-order valence-corrected chi connectivity index (χ3v) is 5.45. The van der Waals surface area contributed by atoms with Gasteiger partial charge >= 0.3 is 0 Å². The van der Waals surface area contributed by atoms with E-state index in [-0.39, 0.29) is 23.7 Å². The maximum Gasteiger partial charge on any atom is 0.286 e. The van der Waals surface area contributed by atoms with E-state index in [0.717, 1.165) is 9.87 Å². The molecule has 0 fully saturated rings. The van der Waals surface area contributed by atoms with E-state index in [4.69, 9.17) is 0 Å². The average molecular weight is 328 g/mol. The van der Waals surface area contributed by atoms with E-state index >= 15 is 0 Å². The van der Waals surface area contributed by atoms with Crippen molar-refractivity contribution < 1.29 is 13.2 Å². The molecule has 5 nitrogen and oxygen atoms in total. The highest BCUT2D eigenvalue weighted by Gasteiger charge is 2.34. The fourth-order valence-electron chi connectivity index (χ4n) is 2.42. The second-order valence-electron chi connectivity index (χ2n) is 5.29. The van der Waals surface area contributed by atoms with E-state index in [9.17, 15) is 13.2 Å². The number of aryl methyl sites for hydroxylation is 1. The van der Waals surface area contributed by atoms with Crippen LogP contribution in [0.1, 0.15) is 11.1 Å². The zero-order valence-electron chi connectivity index (χ0n) is 12.6. The first kappa shape index (κ1) is 15.4. The van der Waals surface area contributed by atoms with Crippen molar-refractivity contribution in [2.45, 2.75) is 11.8 Å². The minimum Gasteiger partial charge on any atom is -0.277 e. The van der Waals surface area contributed by atoms with E-state index in [1.54, 1.807) is 36.4 Å². The van der Waals surface area contributed by atoms with Gasteiger partial charge < -0.3 is 0 Å². The van der Waals surface area contributed by atoms with E-state index < -0.39 is 15.9 Å². The Kier molecular flexibility index (Phi) is 4.00. The van der Waals surface area contributed by atoms with Gasteiger partial charge in [-0.3, -0.25) is 9.79 Å². The summed E-state index contributed by atoms with van der Waals surface area (Å²) in [6.45, 7) is 2.20. The molecular formula is C17H16N2O3S. The third kappa shape index (κ3) is 2.90. The predicted octanol–water partition coefficient (Wildman–Crippen LogP) is 2.02. The van der Waals surface area contributed by atoms with Gasteiger partial charge in [0.15, 0.2) is 0 Å². The molecule has 0 bridgehead atoms. The fourth-order valence-corrected chi connectivity index (χ4v) is 3.78. The number of carbonyl (C=O) groups is 1. The van der Waals surface area contributed by atoms with Crippen LogP contribution in [-0.2, 0) is 14.8 Å². The van der Waals surface area contributed by atoms with Crippen LogP contribution in [0.4, 0.5) is 0 Å². The Labute approximate surface area is 135 Å². The van der Waals surface area contributed by atoms with Gasteiger partial charge in [-0.1, -0.05) is 48.0 Å². The molecule has 0 saturated heterocycles. The molecule has 0 N–H and O–H groups in total. The molecule has 23 heavy (non-hydrogen) atoms. The van der Waals surface area contributed by atoms with Crippen molar-refractivity contribution in [3.63, 3.8) is 0 Å². The second kappa shape index (κ2) is 5.96. The molecule has 0 aromatic heterocycles. The predicted molar refractivity (Wildman–Crippen MR) is 87.9 cm³/mol. The highest BCUT2D eigenvalue weighted by Crippen LogP contribution is 2.20. The zero-order chi connectivity index (χ0) is 16.4. The average Bonchev–Trinajstić information content (AvgIpc) is 2.56. The largest absolute Gasteiger partial charge is 0.286 e. The van der Waals surface area contributed by atoms with E-state index in [1.807, 2.05) is 13.0 Å². The molecule has 1 amide bonds. The Hall–Kier alpha value is -2.47. The van der Waals surface area contributed by atoms with Crippen LogP contribution in [0.5, 0.6) is 0 Å². The Balaban J connectivity index is 1.97. The van der Waals surface area contributed by atoms with Crippen LogP contribution in [-0.4, -0.2) is 37.4 Å². The zero-order valence-corrected chi connectivity index (χ0v) is 13.5. The molecule has 2 aromatic carbocycles. The summed E-state index contributed by atoms with van der Waals surface area (Å²) in [5.41, 5.74) is 1.77. The van der Waals surface area contributed by atoms with Gasteiger partial charge in [0.2, 0.25) is 0 Å². The molecule has 2 aromatic rings. The maximum atomic E-state index is 12.7. The minimum atomic E-state index is -3.87. The number of aliphatic imine (C=N–C) groups is 1. The lowest BCUT2D eigenvalue weighted by Crippen LogP contribution is -2.45. The molecular weight excluding hydrogens is 312 g/mol. The number of nitrogens with zero attached hydrogens (tertiary/aromatic N) is 2. The molecule has 118 valence electrons. The summed E-state index contributed by atoms with van der Waals surface area (Å²) in [6, 6.07) is 15.4. The summed E-state index contributed by atoms with van der Waals surface area (Å²) in [7, 11) is -3.87. The van der Waals surface area contributed by atoms with Gasteiger partial charge in [0.25, 0.3) is 15.9 Å². The Morgan fingerprint density at radius 2 is 1.65 bits per heavy atom. The quantitative estimate of drug-likeness (QED) is 0.866. The smallest absolute Gasteiger partial charge is 0.277 e. The van der Waals surface area contributed by atoms with E-state index in [0.29, 0.717) is 5.56 Å². The number of amides is 1. The van der Waals surface area contributed by atoms with Gasteiger partial charge in [-0.15, -0.1) is 0 Å². The lowest BCUT2D eigenvalue weighted by molar-refractivity contribution is -0.120. The van der Waals surface area contributed by atoms with E-state index in [2.05, 4.69) is 4.99 Å².